The molecule has 10 rings (SSSR count). The third-order valence-corrected chi connectivity index (χ3v) is 48.2. The lowest BCUT2D eigenvalue weighted by atomic mass is 9.84. The van der Waals surface area contributed by atoms with Crippen molar-refractivity contribution in [2.24, 2.45) is 0 Å². The van der Waals surface area contributed by atoms with Crippen LogP contribution >= 0.6 is 0 Å². The molecule has 0 amide bonds. The average Bonchev–Trinajstić information content (AvgIpc) is 0.761. The van der Waals surface area contributed by atoms with Crippen LogP contribution in [0, 0.1) is 45.9 Å². The molecule has 0 spiro atoms. The molecular weight excluding hydrogens is 1120 g/mol. The Labute approximate surface area is 539 Å². The fraction of sp³-hybridized carbons (Fsp3) is 0.476. The molecule has 8 aromatic carbocycles. The first-order valence-corrected chi connectivity index (χ1v) is 43.4. The van der Waals surface area contributed by atoms with Crippen molar-refractivity contribution in [3.8, 4) is 45.9 Å². The van der Waals surface area contributed by atoms with Gasteiger partial charge in [-0.05, 0) is 203 Å². The lowest BCUT2D eigenvalue weighted by Gasteiger charge is -2.38. The molecule has 4 heteroatoms. The Morgan fingerprint density at radius 1 is 0.216 bits per heavy atom. The third kappa shape index (κ3) is 11.2. The van der Waals surface area contributed by atoms with Crippen LogP contribution in [-0.4, -0.2) is 32.3 Å². The van der Waals surface area contributed by atoms with Crippen LogP contribution in [0.5, 0.6) is 0 Å². The number of aryl methyl sites for hydroxylation is 4. The van der Waals surface area contributed by atoms with Crippen molar-refractivity contribution in [3.63, 3.8) is 0 Å². The van der Waals surface area contributed by atoms with E-state index in [2.05, 4.69) is 309 Å². The Balaban J connectivity index is 1.37. The molecule has 460 valence electrons. The van der Waals surface area contributed by atoms with Crippen LogP contribution in [0.25, 0.3) is 64.6 Å². The second kappa shape index (κ2) is 26.0. The zero-order chi connectivity index (χ0) is 64.3. The molecule has 0 unspecified atom stereocenters. The van der Waals surface area contributed by atoms with Gasteiger partial charge >= 0.3 is 0 Å². The van der Waals surface area contributed by atoms with Crippen molar-refractivity contribution >= 4 is 96.9 Å². The molecule has 0 saturated heterocycles. The van der Waals surface area contributed by atoms with Gasteiger partial charge in [-0.2, -0.15) is 0 Å². The van der Waals surface area contributed by atoms with Gasteiger partial charge in [0.25, 0.3) is 0 Å². The van der Waals surface area contributed by atoms with E-state index in [0.29, 0.717) is 66.5 Å². The summed E-state index contributed by atoms with van der Waals surface area (Å²) in [5.74, 6) is 16.5. The highest BCUT2D eigenvalue weighted by atomic mass is 28.3. The summed E-state index contributed by atoms with van der Waals surface area (Å²) in [5.41, 5.74) is 33.7. The summed E-state index contributed by atoms with van der Waals surface area (Å²) in [5, 5.41) is 15.4. The van der Waals surface area contributed by atoms with Crippen molar-refractivity contribution in [1.29, 1.82) is 0 Å². The number of benzene rings is 8. The number of rotatable bonds is 12. The summed E-state index contributed by atoms with van der Waals surface area (Å²) < 4.78 is 0. The molecule has 0 N–H and O–H groups in total. The molecule has 0 fully saturated rings. The van der Waals surface area contributed by atoms with Crippen molar-refractivity contribution in [2.75, 3.05) is 0 Å². The zero-order valence-electron chi connectivity index (χ0n) is 59.0. The highest BCUT2D eigenvalue weighted by Crippen LogP contribution is 2.47. The molecule has 0 nitrogen and oxygen atoms in total. The molecule has 4 bridgehead atoms. The normalized spacial score (nSPS) is 13.7. The molecule has 0 heterocycles. The molecule has 2 aliphatic rings. The monoisotopic (exact) mass is 1230 g/mol. The lowest BCUT2D eigenvalue weighted by Crippen LogP contribution is -2.43. The third-order valence-electron chi connectivity index (χ3n) is 23.1. The van der Waals surface area contributed by atoms with E-state index in [4.69, 9.17) is 0 Å². The van der Waals surface area contributed by atoms with Gasteiger partial charge in [0, 0.05) is 22.3 Å². The van der Waals surface area contributed by atoms with E-state index in [9.17, 15) is 0 Å². The molecule has 88 heavy (non-hydrogen) atoms. The van der Waals surface area contributed by atoms with Gasteiger partial charge in [0.2, 0.25) is 0 Å². The van der Waals surface area contributed by atoms with E-state index in [0.717, 1.165) is 25.7 Å². The summed E-state index contributed by atoms with van der Waals surface area (Å²) >= 11 is 0. The van der Waals surface area contributed by atoms with E-state index in [-0.39, 0.29) is 0 Å². The first kappa shape index (κ1) is 66.8. The van der Waals surface area contributed by atoms with Gasteiger partial charge in [-0.1, -0.05) is 263 Å². The van der Waals surface area contributed by atoms with Crippen LogP contribution in [0.15, 0.2) is 97.1 Å². The van der Waals surface area contributed by atoms with Crippen molar-refractivity contribution in [1.82, 2.24) is 0 Å². The number of fused-ring (bicyclic) bond motifs is 8. The smallest absolute Gasteiger partial charge is 0.125 e. The summed E-state index contributed by atoms with van der Waals surface area (Å²) in [4.78, 5) is 0. The van der Waals surface area contributed by atoms with Gasteiger partial charge < -0.3 is 0 Å². The molecule has 0 aliphatic heterocycles. The summed E-state index contributed by atoms with van der Waals surface area (Å²) in [7, 11) is -8.44. The molecule has 0 saturated carbocycles. The van der Waals surface area contributed by atoms with Gasteiger partial charge in [0.05, 0.1) is 0 Å². The van der Waals surface area contributed by atoms with E-state index in [1.807, 2.05) is 0 Å². The van der Waals surface area contributed by atoms with Crippen LogP contribution < -0.4 is 0 Å². The van der Waals surface area contributed by atoms with Gasteiger partial charge in [-0.3, -0.25) is 0 Å². The minimum atomic E-state index is -2.11. The summed E-state index contributed by atoms with van der Waals surface area (Å²) in [6, 6.07) is 38.6. The Hall–Kier alpha value is -5.57. The maximum Gasteiger partial charge on any atom is 0.146 e. The van der Waals surface area contributed by atoms with Crippen LogP contribution in [0.3, 0.4) is 0 Å². The molecule has 0 radical (unpaired) electrons. The quantitative estimate of drug-likeness (QED) is 0.0650. The highest BCUT2D eigenvalue weighted by molar-refractivity contribution is 6.92. The predicted octanol–water partition coefficient (Wildman–Crippen LogP) is 24.8. The first-order chi connectivity index (χ1) is 41.5. The van der Waals surface area contributed by atoms with Gasteiger partial charge in [0.1, 0.15) is 32.3 Å². The fourth-order valence-electron chi connectivity index (χ4n) is 18.6. The number of hydrogen-bond donors (Lipinski definition) is 0. The second-order valence-corrected chi connectivity index (χ2v) is 53.2. The zero-order valence-corrected chi connectivity index (χ0v) is 63.0. The molecule has 0 atom stereocenters. The Morgan fingerprint density at radius 2 is 0.375 bits per heavy atom. The van der Waals surface area contributed by atoms with E-state index >= 15 is 0 Å². The van der Waals surface area contributed by atoms with Gasteiger partial charge in [-0.25, -0.2) is 0 Å². The highest BCUT2D eigenvalue weighted by Gasteiger charge is 2.45. The van der Waals surface area contributed by atoms with E-state index in [1.165, 1.54) is 109 Å². The molecule has 0 aromatic heterocycles. The number of hydrogen-bond acceptors (Lipinski definition) is 0. The fourth-order valence-corrected chi connectivity index (χ4v) is 39.5. The molecule has 8 aromatic rings. The van der Waals surface area contributed by atoms with Crippen molar-refractivity contribution < 1.29 is 0 Å². The minimum Gasteiger partial charge on any atom is -0.125 e. The summed E-state index contributed by atoms with van der Waals surface area (Å²) in [6.07, 6.45) is 3.68. The topological polar surface area (TPSA) is 0 Å². The predicted molar refractivity (Wildman–Crippen MR) is 404 cm³/mol. The van der Waals surface area contributed by atoms with Crippen LogP contribution in [0.1, 0.15) is 211 Å². The maximum atomic E-state index is 4.24. The maximum absolute atomic E-state index is 4.24. The van der Waals surface area contributed by atoms with E-state index < -0.39 is 32.3 Å². The van der Waals surface area contributed by atoms with Crippen molar-refractivity contribution in [3.05, 3.63) is 142 Å². The average molecular weight is 1230 g/mol. The van der Waals surface area contributed by atoms with Crippen LogP contribution in [0.4, 0.5) is 0 Å². The van der Waals surface area contributed by atoms with Crippen molar-refractivity contribution in [2.45, 2.75) is 258 Å². The van der Waals surface area contributed by atoms with Crippen LogP contribution in [-0.2, 0) is 25.7 Å². The van der Waals surface area contributed by atoms with E-state index in [1.54, 1.807) is 0 Å². The van der Waals surface area contributed by atoms with Gasteiger partial charge in [-0.15, -0.1) is 22.2 Å². The Morgan fingerprint density at radius 3 is 0.523 bits per heavy atom. The van der Waals surface area contributed by atoms with Gasteiger partial charge in [0.15, 0.2) is 0 Å². The lowest BCUT2D eigenvalue weighted by molar-refractivity contribution is 0.838. The first-order valence-electron chi connectivity index (χ1n) is 34.5. The molecular formula is C84H108Si4. The Bertz CT molecular complexity index is 3600. The molecule has 2 aliphatic carbocycles. The SMILES string of the molecule is CC(C)[Si](C#Cc1c2ccccc2c(C#C[Si](C(C)C)(C(C)C)C(C)C)c2cc3c4ccc(c3cc12)CCc1ccc(c2cc3c(C#C[Si](C(C)C)(C(C)C)C(C)C)c5ccccc5c(C#C[Si](C(C)C)(C(C)C)C(C)C)c3cc12)CC4)(C(C)C)C(C)C. The minimum absolute atomic E-state index is 0.529. The second-order valence-electron chi connectivity index (χ2n) is 30.8. The Kier molecular flexibility index (Phi) is 19.7. The standard InChI is InChI=1S/C84H108Si4/c1-53(2)85(54(3)4,55(5)6)45-41-73-69-29-25-26-30-70(69)74(42-46-86(56(7)8,57(9)10)58(11)12)82-50-78-66-34-33-65(77(78)49-81(73)82)37-38-67-35-36-68(40-39-66)80-52-84-76(44-48-88(62(19)20,63(21)22)64(23)24)72-32-28-27-31-71(72)75(83(84)51-79(67)80)43-47-87(59(13)14,60(15)16)61(17)18/h25-36,49-64H,37-40H2,1-24H3. The summed E-state index contributed by atoms with van der Waals surface area (Å²) in [6.45, 7) is 58.6. The largest absolute Gasteiger partial charge is 0.146 e. The van der Waals surface area contributed by atoms with Crippen LogP contribution in [0.2, 0.25) is 66.5 Å².